The number of piperidine rings is 1. The maximum absolute atomic E-state index is 13.0. The fraction of sp³-hybridized carbons (Fsp3) is 0.625. The van der Waals surface area contributed by atoms with Crippen molar-refractivity contribution in [3.05, 3.63) is 23.8 Å². The average Bonchev–Trinajstić information content (AvgIpc) is 2.46. The van der Waals surface area contributed by atoms with Crippen LogP contribution in [0.25, 0.3) is 0 Å². The molecule has 1 aromatic rings. The van der Waals surface area contributed by atoms with Crippen molar-refractivity contribution in [2.45, 2.75) is 62.9 Å². The molecule has 1 aromatic carbocycles. The van der Waals surface area contributed by atoms with Crippen molar-refractivity contribution in [1.29, 1.82) is 0 Å². The van der Waals surface area contributed by atoms with Crippen molar-refractivity contribution >= 4 is 10.0 Å². The molecule has 0 radical (unpaired) electrons. The molecule has 1 saturated heterocycles. The van der Waals surface area contributed by atoms with Crippen LogP contribution in [0.5, 0.6) is 5.75 Å². The number of sulfonamides is 1. The van der Waals surface area contributed by atoms with Gasteiger partial charge in [0.05, 0.1) is 11.5 Å². The zero-order valence-electron chi connectivity index (χ0n) is 12.7. The molecule has 2 aliphatic rings. The number of ether oxygens (including phenoxy) is 1. The molecular formula is C16H23NO3S. The molecule has 116 valence electrons. The highest BCUT2D eigenvalue weighted by molar-refractivity contribution is 7.89. The van der Waals surface area contributed by atoms with Crippen LogP contribution < -0.4 is 4.74 Å². The first-order valence-corrected chi connectivity index (χ1v) is 9.23. The molecule has 0 amide bonds. The lowest BCUT2D eigenvalue weighted by Crippen LogP contribution is -2.47. The number of hydrogen-bond acceptors (Lipinski definition) is 3. The zero-order valence-corrected chi connectivity index (χ0v) is 13.5. The summed E-state index contributed by atoms with van der Waals surface area (Å²) in [5, 5.41) is 0. The zero-order chi connectivity index (χ0) is 15.0. The second-order valence-electron chi connectivity index (χ2n) is 6.19. The van der Waals surface area contributed by atoms with Crippen LogP contribution in [-0.4, -0.2) is 31.4 Å². The van der Waals surface area contributed by atoms with Crippen LogP contribution in [0.4, 0.5) is 0 Å². The van der Waals surface area contributed by atoms with Gasteiger partial charge < -0.3 is 4.74 Å². The van der Waals surface area contributed by atoms with Crippen molar-refractivity contribution in [2.75, 3.05) is 6.61 Å². The van der Waals surface area contributed by atoms with E-state index in [1.807, 2.05) is 13.8 Å². The Balaban J connectivity index is 1.97. The monoisotopic (exact) mass is 309 g/mol. The van der Waals surface area contributed by atoms with E-state index >= 15 is 0 Å². The molecule has 2 atom stereocenters. The lowest BCUT2D eigenvalue weighted by molar-refractivity contribution is 0.204. The molecule has 2 unspecified atom stereocenters. The van der Waals surface area contributed by atoms with Crippen molar-refractivity contribution in [3.8, 4) is 5.75 Å². The first kappa shape index (κ1) is 14.9. The Hall–Kier alpha value is -1.07. The van der Waals surface area contributed by atoms with Gasteiger partial charge in [0.1, 0.15) is 5.75 Å². The fourth-order valence-electron chi connectivity index (χ4n) is 3.49. The van der Waals surface area contributed by atoms with Gasteiger partial charge in [0.2, 0.25) is 10.0 Å². The van der Waals surface area contributed by atoms with Crippen LogP contribution in [0, 0.1) is 0 Å². The van der Waals surface area contributed by atoms with Crippen molar-refractivity contribution in [2.24, 2.45) is 0 Å². The molecule has 3 rings (SSSR count). The molecule has 5 heteroatoms. The molecule has 1 fully saturated rings. The molecule has 0 spiro atoms. The quantitative estimate of drug-likeness (QED) is 0.844. The Bertz CT molecular complexity index is 616. The normalized spacial score (nSPS) is 27.0. The number of nitrogens with zero attached hydrogens (tertiary/aromatic N) is 1. The summed E-state index contributed by atoms with van der Waals surface area (Å²) in [6.45, 7) is 4.74. The molecule has 21 heavy (non-hydrogen) atoms. The summed E-state index contributed by atoms with van der Waals surface area (Å²) < 4.78 is 33.2. The van der Waals surface area contributed by atoms with E-state index in [9.17, 15) is 8.42 Å². The van der Waals surface area contributed by atoms with Gasteiger partial charge in [0.15, 0.2) is 0 Å². The fourth-order valence-corrected chi connectivity index (χ4v) is 5.42. The molecule has 2 aliphatic heterocycles. The molecule has 2 heterocycles. The highest BCUT2D eigenvalue weighted by Crippen LogP contribution is 2.32. The first-order chi connectivity index (χ1) is 10.00. The van der Waals surface area contributed by atoms with Crippen molar-refractivity contribution < 1.29 is 13.2 Å². The molecule has 0 bridgehead atoms. The minimum absolute atomic E-state index is 0.0750. The SMILES string of the molecule is CC1CCCC(C)N1S(=O)(=O)c1ccc2c(c1)CCCO2. The van der Waals surface area contributed by atoms with Crippen molar-refractivity contribution in [3.63, 3.8) is 0 Å². The average molecular weight is 309 g/mol. The summed E-state index contributed by atoms with van der Waals surface area (Å²) in [7, 11) is -3.42. The molecule has 4 nitrogen and oxygen atoms in total. The van der Waals surface area contributed by atoms with Crippen molar-refractivity contribution in [1.82, 2.24) is 4.31 Å². The summed E-state index contributed by atoms with van der Waals surface area (Å²) in [6, 6.07) is 5.45. The van der Waals surface area contributed by atoms with E-state index in [1.165, 1.54) is 0 Å². The van der Waals surface area contributed by atoms with Gasteiger partial charge in [-0.05, 0) is 63.3 Å². The van der Waals surface area contributed by atoms with Gasteiger partial charge in [-0.15, -0.1) is 0 Å². The van der Waals surface area contributed by atoms with Gasteiger partial charge in [-0.25, -0.2) is 8.42 Å². The number of aryl methyl sites for hydroxylation is 1. The Morgan fingerprint density at radius 1 is 1.14 bits per heavy atom. The Morgan fingerprint density at radius 3 is 2.57 bits per heavy atom. The Labute approximate surface area is 127 Å². The molecule has 0 aromatic heterocycles. The van der Waals surface area contributed by atoms with Crippen LogP contribution in [0.3, 0.4) is 0 Å². The van der Waals surface area contributed by atoms with Crippen LogP contribution in [0.15, 0.2) is 23.1 Å². The third kappa shape index (κ3) is 2.69. The minimum Gasteiger partial charge on any atom is -0.493 e. The molecule has 0 aliphatic carbocycles. The van der Waals surface area contributed by atoms with Crippen LogP contribution in [-0.2, 0) is 16.4 Å². The smallest absolute Gasteiger partial charge is 0.243 e. The van der Waals surface area contributed by atoms with Crippen LogP contribution in [0.2, 0.25) is 0 Å². The van der Waals surface area contributed by atoms with Gasteiger partial charge in [-0.3, -0.25) is 0 Å². The molecular weight excluding hydrogens is 286 g/mol. The number of benzene rings is 1. The van der Waals surface area contributed by atoms with E-state index < -0.39 is 10.0 Å². The maximum atomic E-state index is 13.0. The van der Waals surface area contributed by atoms with Gasteiger partial charge in [0, 0.05) is 12.1 Å². The highest BCUT2D eigenvalue weighted by Gasteiger charge is 2.35. The molecule has 0 N–H and O–H groups in total. The van der Waals surface area contributed by atoms with E-state index in [1.54, 1.807) is 22.5 Å². The Kier molecular flexibility index (Phi) is 3.97. The van der Waals surface area contributed by atoms with E-state index in [4.69, 9.17) is 4.74 Å². The van der Waals surface area contributed by atoms with Gasteiger partial charge in [0.25, 0.3) is 0 Å². The topological polar surface area (TPSA) is 46.6 Å². The maximum Gasteiger partial charge on any atom is 0.243 e. The third-order valence-electron chi connectivity index (χ3n) is 4.57. The van der Waals surface area contributed by atoms with Gasteiger partial charge in [-0.1, -0.05) is 6.42 Å². The highest BCUT2D eigenvalue weighted by atomic mass is 32.2. The van der Waals surface area contributed by atoms with E-state index in [0.717, 1.165) is 50.0 Å². The largest absolute Gasteiger partial charge is 0.493 e. The molecule has 0 saturated carbocycles. The summed E-state index contributed by atoms with van der Waals surface area (Å²) in [5.41, 5.74) is 1.01. The van der Waals surface area contributed by atoms with E-state index in [2.05, 4.69) is 0 Å². The lowest BCUT2D eigenvalue weighted by Gasteiger charge is -2.37. The number of rotatable bonds is 2. The standard InChI is InChI=1S/C16H23NO3S/c1-12-5-3-6-13(2)17(12)21(18,19)15-8-9-16-14(11-15)7-4-10-20-16/h8-9,11-13H,3-7,10H2,1-2H3. The van der Waals surface area contributed by atoms with Crippen LogP contribution >= 0.6 is 0 Å². The second kappa shape index (κ2) is 5.61. The lowest BCUT2D eigenvalue weighted by atomic mass is 10.0. The summed E-state index contributed by atoms with van der Waals surface area (Å²) in [4.78, 5) is 0.410. The predicted molar refractivity (Wildman–Crippen MR) is 82.1 cm³/mol. The second-order valence-corrected chi connectivity index (χ2v) is 8.03. The Morgan fingerprint density at radius 2 is 1.86 bits per heavy atom. The minimum atomic E-state index is -3.42. The predicted octanol–water partition coefficient (Wildman–Crippen LogP) is 2.96. The third-order valence-corrected chi connectivity index (χ3v) is 6.69. The van der Waals surface area contributed by atoms with Gasteiger partial charge in [-0.2, -0.15) is 4.31 Å². The summed E-state index contributed by atoms with van der Waals surface area (Å²) in [6.07, 6.45) is 4.83. The number of fused-ring (bicyclic) bond motifs is 1. The summed E-state index contributed by atoms with van der Waals surface area (Å²) >= 11 is 0. The van der Waals surface area contributed by atoms with E-state index in [-0.39, 0.29) is 12.1 Å². The number of hydrogen-bond donors (Lipinski definition) is 0. The van der Waals surface area contributed by atoms with Crippen LogP contribution in [0.1, 0.15) is 45.1 Å². The summed E-state index contributed by atoms with van der Waals surface area (Å²) in [5.74, 6) is 0.833. The van der Waals surface area contributed by atoms with Gasteiger partial charge >= 0.3 is 0 Å². The van der Waals surface area contributed by atoms with E-state index in [0.29, 0.717) is 4.90 Å². The first-order valence-electron chi connectivity index (χ1n) is 7.79.